The molecule has 7 nitrogen and oxygen atoms in total. The van der Waals surface area contributed by atoms with E-state index in [0.717, 1.165) is 12.0 Å². The second-order valence-corrected chi connectivity index (χ2v) is 7.55. The van der Waals surface area contributed by atoms with Crippen LogP contribution in [0.15, 0.2) is 22.5 Å². The highest BCUT2D eigenvalue weighted by Crippen LogP contribution is 2.49. The van der Waals surface area contributed by atoms with Crippen LogP contribution < -0.4 is 0 Å². The molecule has 1 aliphatic heterocycles. The Morgan fingerprint density at radius 2 is 1.68 bits per heavy atom. The van der Waals surface area contributed by atoms with E-state index in [2.05, 4.69) is 0 Å². The lowest BCUT2D eigenvalue weighted by Gasteiger charge is -2.38. The molecule has 28 heavy (non-hydrogen) atoms. The average Bonchev–Trinajstić information content (AvgIpc) is 2.95. The number of allylic oxidation sites excluding steroid dienone is 1. The Morgan fingerprint density at radius 1 is 1.00 bits per heavy atom. The van der Waals surface area contributed by atoms with Crippen molar-refractivity contribution in [3.63, 3.8) is 0 Å². The molecule has 0 spiro atoms. The fourth-order valence-corrected chi connectivity index (χ4v) is 4.40. The van der Waals surface area contributed by atoms with Crippen LogP contribution in [0.25, 0.3) is 0 Å². The molecule has 3 atom stereocenters. The molecule has 1 saturated carbocycles. The molecule has 2 fully saturated rings. The van der Waals surface area contributed by atoms with Gasteiger partial charge in [-0.3, -0.25) is 0 Å². The van der Waals surface area contributed by atoms with Gasteiger partial charge in [0.25, 0.3) is 0 Å². The van der Waals surface area contributed by atoms with Gasteiger partial charge < -0.3 is 23.7 Å². The fraction of sp³-hybridized carbons (Fsp3) is 0.714. The van der Waals surface area contributed by atoms with Crippen LogP contribution in [0.4, 0.5) is 0 Å². The molecule has 3 aliphatic rings. The molecule has 0 amide bonds. The lowest BCUT2D eigenvalue weighted by Crippen LogP contribution is -2.40. The fourth-order valence-electron chi connectivity index (χ4n) is 4.40. The number of hydrogen-bond donors (Lipinski definition) is 0. The smallest absolute Gasteiger partial charge is 0.335 e. The maximum Gasteiger partial charge on any atom is 0.335 e. The Hall–Kier alpha value is -1.86. The van der Waals surface area contributed by atoms with Gasteiger partial charge in [0.15, 0.2) is 5.79 Å². The summed E-state index contributed by atoms with van der Waals surface area (Å²) in [5, 5.41) is 0. The monoisotopic (exact) mass is 394 g/mol. The third-order valence-corrected chi connectivity index (χ3v) is 5.27. The minimum atomic E-state index is -0.705. The average molecular weight is 394 g/mol. The van der Waals surface area contributed by atoms with Crippen LogP contribution in [0.5, 0.6) is 0 Å². The van der Waals surface area contributed by atoms with Crippen molar-refractivity contribution >= 4 is 11.9 Å². The van der Waals surface area contributed by atoms with E-state index in [4.69, 9.17) is 23.7 Å². The second kappa shape index (κ2) is 8.25. The third kappa shape index (κ3) is 3.82. The van der Waals surface area contributed by atoms with Crippen molar-refractivity contribution in [1.29, 1.82) is 0 Å². The molecule has 7 heteroatoms. The lowest BCUT2D eigenvalue weighted by atomic mass is 9.71. The standard InChI is InChI=1S/C21H30O7/c1-6-24-15-11-13(19(22)25-7-2)16(20(23)26-8-3)12-9-10-14-18(17(12)15)28-21(4,5)27-14/h12,14,18H,6-11H2,1-5H3/t12-,14+,18+/m0/s1. The van der Waals surface area contributed by atoms with Gasteiger partial charge in [-0.05, 0) is 47.5 Å². The largest absolute Gasteiger partial charge is 0.498 e. The Labute approximate surface area is 166 Å². The van der Waals surface area contributed by atoms with Crippen molar-refractivity contribution in [3.05, 3.63) is 22.5 Å². The van der Waals surface area contributed by atoms with Crippen molar-refractivity contribution in [2.24, 2.45) is 5.92 Å². The van der Waals surface area contributed by atoms with Crippen molar-refractivity contribution in [1.82, 2.24) is 0 Å². The number of carbonyl (C=O) groups is 2. The molecule has 0 aromatic heterocycles. The molecule has 1 heterocycles. The molecule has 0 aromatic rings. The molecule has 156 valence electrons. The minimum Gasteiger partial charge on any atom is -0.498 e. The van der Waals surface area contributed by atoms with Crippen LogP contribution >= 0.6 is 0 Å². The summed E-state index contributed by atoms with van der Waals surface area (Å²) >= 11 is 0. The van der Waals surface area contributed by atoms with Crippen LogP contribution in [-0.4, -0.2) is 49.8 Å². The summed E-state index contributed by atoms with van der Waals surface area (Å²) in [4.78, 5) is 25.5. The zero-order valence-corrected chi connectivity index (χ0v) is 17.3. The van der Waals surface area contributed by atoms with E-state index < -0.39 is 17.7 Å². The van der Waals surface area contributed by atoms with Crippen LogP contribution in [0, 0.1) is 5.92 Å². The van der Waals surface area contributed by atoms with Gasteiger partial charge in [0, 0.05) is 17.9 Å². The van der Waals surface area contributed by atoms with Crippen molar-refractivity contribution in [2.45, 2.75) is 71.9 Å². The topological polar surface area (TPSA) is 80.3 Å². The van der Waals surface area contributed by atoms with Crippen LogP contribution in [-0.2, 0) is 33.3 Å². The first-order valence-corrected chi connectivity index (χ1v) is 10.1. The predicted molar refractivity (Wildman–Crippen MR) is 100 cm³/mol. The first kappa shape index (κ1) is 20.9. The predicted octanol–water partition coefficient (Wildman–Crippen LogP) is 3.03. The summed E-state index contributed by atoms with van der Waals surface area (Å²) in [6.45, 7) is 10.1. The first-order valence-electron chi connectivity index (χ1n) is 10.1. The summed E-state index contributed by atoms with van der Waals surface area (Å²) in [6.07, 6.45) is 1.18. The summed E-state index contributed by atoms with van der Waals surface area (Å²) in [5.74, 6) is -1.29. The van der Waals surface area contributed by atoms with E-state index in [1.165, 1.54) is 0 Å². The summed E-state index contributed by atoms with van der Waals surface area (Å²) < 4.78 is 28.7. The SMILES string of the molecule is CCOC(=O)C1=C(C(=O)OCC)[C@@H]2CC[C@H]3OC(C)(C)O[C@H]3C2=C(OCC)C1. The summed E-state index contributed by atoms with van der Waals surface area (Å²) in [5.41, 5.74) is 1.61. The second-order valence-electron chi connectivity index (χ2n) is 7.55. The maximum atomic E-state index is 12.8. The molecule has 2 aliphatic carbocycles. The molecule has 0 aromatic carbocycles. The first-order chi connectivity index (χ1) is 13.3. The molecule has 0 bridgehead atoms. The van der Waals surface area contributed by atoms with Gasteiger partial charge in [0.05, 0.1) is 37.1 Å². The van der Waals surface area contributed by atoms with Gasteiger partial charge in [-0.25, -0.2) is 9.59 Å². The third-order valence-electron chi connectivity index (χ3n) is 5.27. The van der Waals surface area contributed by atoms with Crippen LogP contribution in [0.1, 0.15) is 53.9 Å². The van der Waals surface area contributed by atoms with Crippen LogP contribution in [0.2, 0.25) is 0 Å². The van der Waals surface area contributed by atoms with Gasteiger partial charge in [0.2, 0.25) is 0 Å². The van der Waals surface area contributed by atoms with E-state index in [0.29, 0.717) is 29.9 Å². The van der Waals surface area contributed by atoms with Crippen LogP contribution in [0.3, 0.4) is 0 Å². The van der Waals surface area contributed by atoms with E-state index >= 15 is 0 Å². The minimum absolute atomic E-state index is 0.0932. The molecular weight excluding hydrogens is 364 g/mol. The number of hydrogen-bond acceptors (Lipinski definition) is 7. The van der Waals surface area contributed by atoms with E-state index in [1.54, 1.807) is 13.8 Å². The molecule has 0 radical (unpaired) electrons. The zero-order chi connectivity index (χ0) is 20.5. The number of carbonyl (C=O) groups excluding carboxylic acids is 2. The molecule has 3 rings (SSSR count). The van der Waals surface area contributed by atoms with Gasteiger partial charge in [0.1, 0.15) is 11.9 Å². The summed E-state index contributed by atoms with van der Waals surface area (Å²) in [6, 6.07) is 0. The Balaban J connectivity index is 2.07. The van der Waals surface area contributed by atoms with Gasteiger partial charge in [-0.15, -0.1) is 0 Å². The highest BCUT2D eigenvalue weighted by Gasteiger charge is 2.52. The molecule has 0 unspecified atom stereocenters. The number of esters is 2. The van der Waals surface area contributed by atoms with Gasteiger partial charge in [-0.2, -0.15) is 0 Å². The zero-order valence-electron chi connectivity index (χ0n) is 17.3. The van der Waals surface area contributed by atoms with Crippen molar-refractivity contribution in [2.75, 3.05) is 19.8 Å². The lowest BCUT2D eigenvalue weighted by molar-refractivity contribution is -0.143. The van der Waals surface area contributed by atoms with Crippen molar-refractivity contribution in [3.8, 4) is 0 Å². The van der Waals surface area contributed by atoms with E-state index in [-0.39, 0.29) is 37.8 Å². The highest BCUT2D eigenvalue weighted by atomic mass is 16.8. The van der Waals surface area contributed by atoms with Gasteiger partial charge >= 0.3 is 11.9 Å². The molecular formula is C21H30O7. The molecule has 1 saturated heterocycles. The number of fused-ring (bicyclic) bond motifs is 3. The quantitative estimate of drug-likeness (QED) is 0.641. The highest BCUT2D eigenvalue weighted by molar-refractivity contribution is 6.02. The normalized spacial score (nSPS) is 28.5. The van der Waals surface area contributed by atoms with Gasteiger partial charge in [-0.1, -0.05) is 0 Å². The Kier molecular flexibility index (Phi) is 6.15. The Bertz CT molecular complexity index is 704. The maximum absolute atomic E-state index is 12.8. The number of ether oxygens (including phenoxy) is 5. The van der Waals surface area contributed by atoms with E-state index in [9.17, 15) is 9.59 Å². The van der Waals surface area contributed by atoms with E-state index in [1.807, 2.05) is 20.8 Å². The summed E-state index contributed by atoms with van der Waals surface area (Å²) in [7, 11) is 0. The molecule has 0 N–H and O–H groups in total. The van der Waals surface area contributed by atoms with Crippen molar-refractivity contribution < 1.29 is 33.3 Å². The number of rotatable bonds is 6. The Morgan fingerprint density at radius 3 is 2.32 bits per heavy atom.